The predicted octanol–water partition coefficient (Wildman–Crippen LogP) is 1.46. The van der Waals surface area contributed by atoms with Crippen molar-refractivity contribution < 1.29 is 14.3 Å². The van der Waals surface area contributed by atoms with Crippen molar-refractivity contribution in [2.24, 2.45) is 0 Å². The summed E-state index contributed by atoms with van der Waals surface area (Å²) in [6.07, 6.45) is 0.0159. The lowest BCUT2D eigenvalue weighted by Gasteiger charge is -2.10. The lowest BCUT2D eigenvalue weighted by Crippen LogP contribution is -2.31. The second kappa shape index (κ2) is 6.12. The van der Waals surface area contributed by atoms with Crippen LogP contribution in [0.15, 0.2) is 24.3 Å². The standard InChI is InChI=1S/C12H17NO3/c1-9(15-2)8-13-12(14)10-4-6-11(16-3)7-5-10/h4-7,9H,8H2,1-3H3,(H,13,14). The van der Waals surface area contributed by atoms with E-state index in [-0.39, 0.29) is 12.0 Å². The van der Waals surface area contributed by atoms with Gasteiger partial charge in [-0.2, -0.15) is 0 Å². The van der Waals surface area contributed by atoms with Gasteiger partial charge in [-0.3, -0.25) is 4.79 Å². The van der Waals surface area contributed by atoms with Gasteiger partial charge >= 0.3 is 0 Å². The molecule has 0 fully saturated rings. The van der Waals surface area contributed by atoms with Crippen molar-refractivity contribution in [2.75, 3.05) is 20.8 Å². The quantitative estimate of drug-likeness (QED) is 0.822. The summed E-state index contributed by atoms with van der Waals surface area (Å²) in [6, 6.07) is 6.97. The molecule has 0 radical (unpaired) electrons. The predicted molar refractivity (Wildman–Crippen MR) is 61.8 cm³/mol. The fraction of sp³-hybridized carbons (Fsp3) is 0.417. The highest BCUT2D eigenvalue weighted by atomic mass is 16.5. The van der Waals surface area contributed by atoms with Crippen LogP contribution >= 0.6 is 0 Å². The smallest absolute Gasteiger partial charge is 0.251 e. The molecular weight excluding hydrogens is 206 g/mol. The van der Waals surface area contributed by atoms with Crippen LogP contribution in [0.1, 0.15) is 17.3 Å². The van der Waals surface area contributed by atoms with E-state index in [0.717, 1.165) is 5.75 Å². The van der Waals surface area contributed by atoms with Gasteiger partial charge in [0.25, 0.3) is 5.91 Å². The van der Waals surface area contributed by atoms with Gasteiger partial charge in [-0.15, -0.1) is 0 Å². The Hall–Kier alpha value is -1.55. The molecule has 16 heavy (non-hydrogen) atoms. The van der Waals surface area contributed by atoms with E-state index >= 15 is 0 Å². The number of hydrogen-bond acceptors (Lipinski definition) is 3. The summed E-state index contributed by atoms with van der Waals surface area (Å²) in [5, 5.41) is 2.78. The molecule has 0 saturated heterocycles. The number of nitrogens with one attached hydrogen (secondary N) is 1. The van der Waals surface area contributed by atoms with E-state index in [2.05, 4.69) is 5.32 Å². The van der Waals surface area contributed by atoms with E-state index < -0.39 is 0 Å². The second-order valence-electron chi connectivity index (χ2n) is 3.48. The van der Waals surface area contributed by atoms with E-state index in [4.69, 9.17) is 9.47 Å². The van der Waals surface area contributed by atoms with E-state index in [1.807, 2.05) is 6.92 Å². The number of carbonyl (C=O) groups is 1. The Bertz CT molecular complexity index is 335. The van der Waals surface area contributed by atoms with E-state index in [0.29, 0.717) is 12.1 Å². The largest absolute Gasteiger partial charge is 0.497 e. The van der Waals surface area contributed by atoms with Gasteiger partial charge in [0.05, 0.1) is 13.2 Å². The molecule has 1 unspecified atom stereocenters. The van der Waals surface area contributed by atoms with E-state index in [1.165, 1.54) is 0 Å². The first-order chi connectivity index (χ1) is 7.67. The molecule has 0 saturated carbocycles. The average molecular weight is 223 g/mol. The normalized spacial score (nSPS) is 11.9. The average Bonchev–Trinajstić information content (AvgIpc) is 2.35. The van der Waals surface area contributed by atoms with Crippen molar-refractivity contribution >= 4 is 5.91 Å². The number of ether oxygens (including phenoxy) is 2. The third kappa shape index (κ3) is 3.55. The van der Waals surface area contributed by atoms with Crippen LogP contribution in [0.3, 0.4) is 0 Å². The molecule has 1 aromatic carbocycles. The zero-order valence-corrected chi connectivity index (χ0v) is 9.82. The molecule has 0 heterocycles. The van der Waals surface area contributed by atoms with Gasteiger partial charge in [-0.25, -0.2) is 0 Å². The zero-order valence-electron chi connectivity index (χ0n) is 9.82. The lowest BCUT2D eigenvalue weighted by molar-refractivity contribution is 0.0870. The van der Waals surface area contributed by atoms with E-state index in [9.17, 15) is 4.79 Å². The first-order valence-corrected chi connectivity index (χ1v) is 5.12. The van der Waals surface area contributed by atoms with Crippen LogP contribution in [0, 0.1) is 0 Å². The molecule has 4 nitrogen and oxygen atoms in total. The second-order valence-corrected chi connectivity index (χ2v) is 3.48. The maximum absolute atomic E-state index is 11.7. The van der Waals surface area contributed by atoms with Crippen LogP contribution in [0.5, 0.6) is 5.75 Å². The molecule has 1 rings (SSSR count). The van der Waals surface area contributed by atoms with Crippen LogP contribution in [0.4, 0.5) is 0 Å². The number of hydrogen-bond donors (Lipinski definition) is 1. The first-order valence-electron chi connectivity index (χ1n) is 5.12. The number of methoxy groups -OCH3 is 2. The lowest BCUT2D eigenvalue weighted by atomic mass is 10.2. The molecular formula is C12H17NO3. The van der Waals surface area contributed by atoms with Gasteiger partial charge < -0.3 is 14.8 Å². The van der Waals surface area contributed by atoms with Crippen molar-refractivity contribution in [3.8, 4) is 5.75 Å². The van der Waals surface area contributed by atoms with Gasteiger partial charge in [0.1, 0.15) is 5.75 Å². The minimum atomic E-state index is -0.105. The Balaban J connectivity index is 2.52. The van der Waals surface area contributed by atoms with Crippen LogP contribution in [0.2, 0.25) is 0 Å². The summed E-state index contributed by atoms with van der Waals surface area (Å²) in [6.45, 7) is 2.40. The minimum Gasteiger partial charge on any atom is -0.497 e. The molecule has 4 heteroatoms. The zero-order chi connectivity index (χ0) is 12.0. The van der Waals surface area contributed by atoms with Gasteiger partial charge in [-0.05, 0) is 31.2 Å². The number of rotatable bonds is 5. The Morgan fingerprint density at radius 1 is 1.31 bits per heavy atom. The molecule has 1 atom stereocenters. The highest BCUT2D eigenvalue weighted by molar-refractivity contribution is 5.94. The minimum absolute atomic E-state index is 0.0159. The molecule has 0 aliphatic heterocycles. The third-order valence-electron chi connectivity index (χ3n) is 2.30. The van der Waals surface area contributed by atoms with Crippen molar-refractivity contribution in [2.45, 2.75) is 13.0 Å². The fourth-order valence-corrected chi connectivity index (χ4v) is 1.16. The summed E-state index contributed by atoms with van der Waals surface area (Å²) in [4.78, 5) is 11.7. The monoisotopic (exact) mass is 223 g/mol. The topological polar surface area (TPSA) is 47.6 Å². The van der Waals surface area contributed by atoms with Crippen molar-refractivity contribution in [3.05, 3.63) is 29.8 Å². The third-order valence-corrected chi connectivity index (χ3v) is 2.30. The highest BCUT2D eigenvalue weighted by Crippen LogP contribution is 2.10. The number of amides is 1. The van der Waals surface area contributed by atoms with Crippen LogP contribution in [0.25, 0.3) is 0 Å². The number of benzene rings is 1. The van der Waals surface area contributed by atoms with Crippen LogP contribution in [-0.2, 0) is 4.74 Å². The molecule has 88 valence electrons. The molecule has 0 aromatic heterocycles. The van der Waals surface area contributed by atoms with Crippen molar-refractivity contribution in [3.63, 3.8) is 0 Å². The summed E-state index contributed by atoms with van der Waals surface area (Å²) in [5.74, 6) is 0.633. The van der Waals surface area contributed by atoms with Gasteiger partial charge in [0, 0.05) is 19.2 Å². The maximum atomic E-state index is 11.7. The molecule has 0 bridgehead atoms. The number of carbonyl (C=O) groups excluding carboxylic acids is 1. The molecule has 1 aromatic rings. The van der Waals surface area contributed by atoms with Crippen molar-refractivity contribution in [1.82, 2.24) is 5.32 Å². The highest BCUT2D eigenvalue weighted by Gasteiger charge is 2.06. The Labute approximate surface area is 95.6 Å². The maximum Gasteiger partial charge on any atom is 0.251 e. The molecule has 1 N–H and O–H groups in total. The Morgan fingerprint density at radius 2 is 1.94 bits per heavy atom. The van der Waals surface area contributed by atoms with E-state index in [1.54, 1.807) is 38.5 Å². The SMILES string of the molecule is COc1ccc(C(=O)NCC(C)OC)cc1. The Kier molecular flexibility index (Phi) is 4.79. The van der Waals surface area contributed by atoms with Crippen LogP contribution < -0.4 is 10.1 Å². The van der Waals surface area contributed by atoms with Gasteiger partial charge in [0.15, 0.2) is 0 Å². The summed E-state index contributed by atoms with van der Waals surface area (Å²) in [7, 11) is 3.21. The first kappa shape index (κ1) is 12.5. The molecule has 0 aliphatic carbocycles. The summed E-state index contributed by atoms with van der Waals surface area (Å²) < 4.78 is 10.1. The molecule has 0 aliphatic rings. The summed E-state index contributed by atoms with van der Waals surface area (Å²) in [5.41, 5.74) is 0.615. The fourth-order valence-electron chi connectivity index (χ4n) is 1.16. The molecule has 1 amide bonds. The molecule has 0 spiro atoms. The van der Waals surface area contributed by atoms with Gasteiger partial charge in [-0.1, -0.05) is 0 Å². The Morgan fingerprint density at radius 3 is 2.44 bits per heavy atom. The van der Waals surface area contributed by atoms with Crippen LogP contribution in [-0.4, -0.2) is 32.8 Å². The summed E-state index contributed by atoms with van der Waals surface area (Å²) >= 11 is 0. The van der Waals surface area contributed by atoms with Crippen molar-refractivity contribution in [1.29, 1.82) is 0 Å². The van der Waals surface area contributed by atoms with Gasteiger partial charge in [0.2, 0.25) is 0 Å².